The molecule has 0 aliphatic rings. The van der Waals surface area contributed by atoms with E-state index in [9.17, 15) is 5.26 Å². The molecule has 3 nitrogen and oxygen atoms in total. The van der Waals surface area contributed by atoms with Crippen molar-refractivity contribution >= 4 is 21.6 Å². The zero-order chi connectivity index (χ0) is 14.3. The van der Waals surface area contributed by atoms with E-state index in [0.717, 1.165) is 35.2 Å². The summed E-state index contributed by atoms with van der Waals surface area (Å²) in [5.41, 5.74) is 2.85. The van der Waals surface area contributed by atoms with Crippen LogP contribution in [0.25, 0.3) is 0 Å². The minimum atomic E-state index is 0.541. The van der Waals surface area contributed by atoms with E-state index in [-0.39, 0.29) is 0 Å². The Morgan fingerprint density at radius 1 is 1.42 bits per heavy atom. The Balaban J connectivity index is 3.03. The highest BCUT2D eigenvalue weighted by Crippen LogP contribution is 2.23. The van der Waals surface area contributed by atoms with Gasteiger partial charge in [0.1, 0.15) is 6.07 Å². The van der Waals surface area contributed by atoms with Crippen LogP contribution >= 0.6 is 15.9 Å². The summed E-state index contributed by atoms with van der Waals surface area (Å²) in [6, 6.07) is 8.34. The predicted octanol–water partition coefficient (Wildman–Crippen LogP) is 3.56. The van der Waals surface area contributed by atoms with E-state index < -0.39 is 0 Å². The second-order valence-corrected chi connectivity index (χ2v) is 5.49. The van der Waals surface area contributed by atoms with Crippen LogP contribution in [0.1, 0.15) is 25.0 Å². The van der Waals surface area contributed by atoms with Crippen molar-refractivity contribution in [1.82, 2.24) is 0 Å². The molecule has 0 aromatic heterocycles. The number of halogens is 1. The van der Waals surface area contributed by atoms with Crippen molar-refractivity contribution in [1.29, 1.82) is 5.26 Å². The van der Waals surface area contributed by atoms with Crippen molar-refractivity contribution < 1.29 is 4.74 Å². The van der Waals surface area contributed by atoms with Gasteiger partial charge in [0.2, 0.25) is 0 Å². The van der Waals surface area contributed by atoms with Gasteiger partial charge in [-0.15, -0.1) is 0 Å². The molecule has 0 unspecified atom stereocenters. The molecule has 0 fully saturated rings. The van der Waals surface area contributed by atoms with Crippen molar-refractivity contribution in [3.8, 4) is 6.07 Å². The van der Waals surface area contributed by atoms with Gasteiger partial charge in [0.15, 0.2) is 0 Å². The van der Waals surface area contributed by atoms with E-state index in [2.05, 4.69) is 46.8 Å². The average molecular weight is 325 g/mol. The first-order valence-corrected chi connectivity index (χ1v) is 7.57. The molecule has 4 heteroatoms. The van der Waals surface area contributed by atoms with E-state index in [1.54, 1.807) is 7.11 Å². The fourth-order valence-corrected chi connectivity index (χ4v) is 2.33. The molecule has 104 valence electrons. The van der Waals surface area contributed by atoms with Crippen LogP contribution in [-0.2, 0) is 10.1 Å². The Kier molecular flexibility index (Phi) is 6.90. The van der Waals surface area contributed by atoms with E-state index in [1.165, 1.54) is 0 Å². The van der Waals surface area contributed by atoms with Crippen LogP contribution in [0.3, 0.4) is 0 Å². The van der Waals surface area contributed by atoms with Crippen LogP contribution in [0.2, 0.25) is 0 Å². The normalized spacial score (nSPS) is 10.5. The molecule has 0 spiro atoms. The summed E-state index contributed by atoms with van der Waals surface area (Å²) >= 11 is 3.42. The van der Waals surface area contributed by atoms with Crippen molar-refractivity contribution in [2.45, 2.75) is 19.2 Å². The van der Waals surface area contributed by atoms with Gasteiger partial charge in [-0.25, -0.2) is 0 Å². The Morgan fingerprint density at radius 2 is 2.16 bits per heavy atom. The SMILES string of the molecule is COCCN(CC(C)C)c1ccc(CBr)cc1C#N. The molecule has 1 aromatic carbocycles. The highest BCUT2D eigenvalue weighted by atomic mass is 79.9. The van der Waals surface area contributed by atoms with Gasteiger partial charge in [0.25, 0.3) is 0 Å². The van der Waals surface area contributed by atoms with Crippen LogP contribution in [0, 0.1) is 17.2 Å². The molecule has 0 N–H and O–H groups in total. The number of rotatable bonds is 7. The molecule has 0 saturated carbocycles. The van der Waals surface area contributed by atoms with Crippen molar-refractivity contribution in [2.75, 3.05) is 31.7 Å². The van der Waals surface area contributed by atoms with Crippen LogP contribution in [0.5, 0.6) is 0 Å². The minimum absolute atomic E-state index is 0.541. The van der Waals surface area contributed by atoms with Crippen LogP contribution in [-0.4, -0.2) is 26.8 Å². The number of benzene rings is 1. The summed E-state index contributed by atoms with van der Waals surface area (Å²) in [6.07, 6.45) is 0. The van der Waals surface area contributed by atoms with Crippen LogP contribution < -0.4 is 4.90 Å². The third-order valence-electron chi connectivity index (χ3n) is 2.83. The minimum Gasteiger partial charge on any atom is -0.383 e. The standard InChI is InChI=1S/C15H21BrN2O/c1-12(2)11-18(6-7-19-3)15-5-4-13(9-16)8-14(15)10-17/h4-5,8,12H,6-7,9,11H2,1-3H3. The molecular weight excluding hydrogens is 304 g/mol. The molecule has 0 atom stereocenters. The fraction of sp³-hybridized carbons (Fsp3) is 0.533. The summed E-state index contributed by atoms with van der Waals surface area (Å²) in [7, 11) is 1.70. The van der Waals surface area contributed by atoms with Gasteiger partial charge in [-0.2, -0.15) is 5.26 Å². The smallest absolute Gasteiger partial charge is 0.101 e. The molecule has 1 rings (SSSR count). The third-order valence-corrected chi connectivity index (χ3v) is 3.47. The quantitative estimate of drug-likeness (QED) is 0.719. The summed E-state index contributed by atoms with van der Waals surface area (Å²) in [6.45, 7) is 6.75. The molecular formula is C15H21BrN2O. The van der Waals surface area contributed by atoms with Gasteiger partial charge in [-0.05, 0) is 23.6 Å². The molecule has 0 bridgehead atoms. The lowest BCUT2D eigenvalue weighted by Gasteiger charge is -2.27. The number of ether oxygens (including phenoxy) is 1. The number of nitriles is 1. The van der Waals surface area contributed by atoms with Gasteiger partial charge in [-0.1, -0.05) is 35.8 Å². The number of nitrogens with zero attached hydrogens (tertiary/aromatic N) is 2. The first-order valence-electron chi connectivity index (χ1n) is 6.45. The third kappa shape index (κ3) is 4.85. The Labute approximate surface area is 124 Å². The maximum absolute atomic E-state index is 9.32. The van der Waals surface area contributed by atoms with Gasteiger partial charge < -0.3 is 9.64 Å². The Bertz CT molecular complexity index is 440. The summed E-state index contributed by atoms with van der Waals surface area (Å²) in [4.78, 5) is 2.23. The van der Waals surface area contributed by atoms with Crippen molar-refractivity contribution in [3.05, 3.63) is 29.3 Å². The van der Waals surface area contributed by atoms with E-state index in [1.807, 2.05) is 12.1 Å². The Morgan fingerprint density at radius 3 is 2.68 bits per heavy atom. The zero-order valence-electron chi connectivity index (χ0n) is 11.8. The van der Waals surface area contributed by atoms with Crippen LogP contribution in [0.4, 0.5) is 5.69 Å². The maximum atomic E-state index is 9.32. The maximum Gasteiger partial charge on any atom is 0.101 e. The van der Waals surface area contributed by atoms with Gasteiger partial charge in [0.05, 0.1) is 17.9 Å². The summed E-state index contributed by atoms with van der Waals surface area (Å²) in [5, 5.41) is 10.1. The summed E-state index contributed by atoms with van der Waals surface area (Å²) < 4.78 is 5.16. The number of methoxy groups -OCH3 is 1. The molecule has 0 amide bonds. The highest BCUT2D eigenvalue weighted by molar-refractivity contribution is 9.08. The van der Waals surface area contributed by atoms with Crippen molar-refractivity contribution in [3.63, 3.8) is 0 Å². The van der Waals surface area contributed by atoms with Crippen molar-refractivity contribution in [2.24, 2.45) is 5.92 Å². The predicted molar refractivity (Wildman–Crippen MR) is 82.7 cm³/mol. The molecule has 1 aromatic rings. The van der Waals surface area contributed by atoms with E-state index in [0.29, 0.717) is 12.5 Å². The lowest BCUT2D eigenvalue weighted by atomic mass is 10.1. The lowest BCUT2D eigenvalue weighted by molar-refractivity contribution is 0.204. The topological polar surface area (TPSA) is 36.3 Å². The first-order chi connectivity index (χ1) is 9.12. The lowest BCUT2D eigenvalue weighted by Crippen LogP contribution is -2.31. The van der Waals surface area contributed by atoms with Gasteiger partial charge in [-0.3, -0.25) is 0 Å². The van der Waals surface area contributed by atoms with E-state index >= 15 is 0 Å². The second kappa shape index (κ2) is 8.19. The number of hydrogen-bond acceptors (Lipinski definition) is 3. The first kappa shape index (κ1) is 16.0. The summed E-state index contributed by atoms with van der Waals surface area (Å²) in [5.74, 6) is 0.541. The van der Waals surface area contributed by atoms with Gasteiger partial charge >= 0.3 is 0 Å². The monoisotopic (exact) mass is 324 g/mol. The number of anilines is 1. The second-order valence-electron chi connectivity index (χ2n) is 4.93. The fourth-order valence-electron chi connectivity index (χ4n) is 1.98. The average Bonchev–Trinajstić information content (AvgIpc) is 2.42. The highest BCUT2D eigenvalue weighted by Gasteiger charge is 2.13. The molecule has 0 saturated heterocycles. The van der Waals surface area contributed by atoms with Gasteiger partial charge in [0, 0.05) is 25.5 Å². The molecule has 0 aliphatic heterocycles. The molecule has 0 heterocycles. The zero-order valence-corrected chi connectivity index (χ0v) is 13.4. The Hall–Kier alpha value is -1.05. The van der Waals surface area contributed by atoms with Crippen LogP contribution in [0.15, 0.2) is 18.2 Å². The van der Waals surface area contributed by atoms with E-state index in [4.69, 9.17) is 4.74 Å². The molecule has 19 heavy (non-hydrogen) atoms. The number of hydrogen-bond donors (Lipinski definition) is 0. The number of alkyl halides is 1. The molecule has 0 aliphatic carbocycles. The largest absolute Gasteiger partial charge is 0.383 e. The molecule has 0 radical (unpaired) electrons.